The van der Waals surface area contributed by atoms with E-state index in [-0.39, 0.29) is 6.92 Å². The zero-order chi connectivity index (χ0) is 15.0. The van der Waals surface area contributed by atoms with Crippen LogP contribution in [0.25, 0.3) is 0 Å². The lowest BCUT2D eigenvalue weighted by atomic mass is 10.1. The van der Waals surface area contributed by atoms with Gasteiger partial charge in [0.2, 0.25) is 0 Å². The normalized spacial score (nSPS) is 17.4. The molecule has 11 heteroatoms. The van der Waals surface area contributed by atoms with Crippen molar-refractivity contribution < 1.29 is 50.5 Å². The number of halogens is 7. The zero-order valence-corrected chi connectivity index (χ0v) is 8.56. The Morgan fingerprint density at radius 3 is 1.78 bits per heavy atom. The molecule has 1 unspecified atom stereocenters. The third kappa shape index (κ3) is 3.22. The quantitative estimate of drug-likeness (QED) is 0.596. The van der Waals surface area contributed by atoms with E-state index >= 15 is 0 Å². The molecule has 0 saturated carbocycles. The molecule has 108 valence electrons. The van der Waals surface area contributed by atoms with Crippen LogP contribution < -0.4 is 0 Å². The Morgan fingerprint density at radius 2 is 1.50 bits per heavy atom. The van der Waals surface area contributed by atoms with Crippen LogP contribution in [0.3, 0.4) is 0 Å². The Labute approximate surface area is 95.0 Å². The minimum Gasteiger partial charge on any atom is -0.477 e. The molecular weight excluding hydrogens is 281 g/mol. The summed E-state index contributed by atoms with van der Waals surface area (Å²) >= 11 is 0. The number of aliphatic hydroxyl groups is 1. The number of rotatable bonds is 5. The standard InChI is InChI=1S/C7H7F7O4/c1-4(17,3(15)16)18-2-5(8,9)6(10,11)7(12,13)14/h17H,2H2,1H3,(H,15,16). The van der Waals surface area contributed by atoms with Gasteiger partial charge < -0.3 is 14.9 Å². The molecule has 0 radical (unpaired) electrons. The SMILES string of the molecule is CC(O)(OCC(F)(F)C(F)(F)C(F)(F)F)C(=O)O. The fourth-order valence-electron chi connectivity index (χ4n) is 0.591. The van der Waals surface area contributed by atoms with Crippen LogP contribution in [0.2, 0.25) is 0 Å². The molecule has 18 heavy (non-hydrogen) atoms. The Balaban J connectivity index is 4.94. The van der Waals surface area contributed by atoms with E-state index in [1.165, 1.54) is 0 Å². The zero-order valence-electron chi connectivity index (χ0n) is 8.56. The van der Waals surface area contributed by atoms with Gasteiger partial charge in [0.25, 0.3) is 5.79 Å². The summed E-state index contributed by atoms with van der Waals surface area (Å²) in [6.45, 7) is -2.34. The monoisotopic (exact) mass is 288 g/mol. The minimum atomic E-state index is -6.55. The number of ether oxygens (including phenoxy) is 1. The van der Waals surface area contributed by atoms with Gasteiger partial charge in [-0.3, -0.25) is 0 Å². The Kier molecular flexibility index (Phi) is 4.26. The molecule has 4 nitrogen and oxygen atoms in total. The molecule has 0 bridgehead atoms. The maximum atomic E-state index is 12.6. The van der Waals surface area contributed by atoms with Crippen molar-refractivity contribution in [2.75, 3.05) is 6.61 Å². The summed E-state index contributed by atoms with van der Waals surface area (Å²) < 4.78 is 88.2. The molecule has 0 aromatic rings. The lowest BCUT2D eigenvalue weighted by Crippen LogP contribution is -2.55. The summed E-state index contributed by atoms with van der Waals surface area (Å²) in [7, 11) is 0. The van der Waals surface area contributed by atoms with Crippen LogP contribution in [0.4, 0.5) is 30.7 Å². The van der Waals surface area contributed by atoms with E-state index in [0.717, 1.165) is 0 Å². The fraction of sp³-hybridized carbons (Fsp3) is 0.857. The van der Waals surface area contributed by atoms with Gasteiger partial charge in [-0.2, -0.15) is 30.7 Å². The van der Waals surface area contributed by atoms with E-state index in [0.29, 0.717) is 0 Å². The van der Waals surface area contributed by atoms with Gasteiger partial charge in [-0.05, 0) is 0 Å². The molecule has 1 atom stereocenters. The second-order valence-corrected chi connectivity index (χ2v) is 3.35. The topological polar surface area (TPSA) is 66.8 Å². The third-order valence-electron chi connectivity index (χ3n) is 1.75. The number of carboxylic acids is 1. The van der Waals surface area contributed by atoms with Crippen LogP contribution in [0.5, 0.6) is 0 Å². The van der Waals surface area contributed by atoms with Crippen LogP contribution in [-0.4, -0.2) is 46.6 Å². The number of carboxylic acid groups (broad SMARTS) is 1. The highest BCUT2D eigenvalue weighted by Crippen LogP contribution is 2.46. The van der Waals surface area contributed by atoms with Crippen molar-refractivity contribution >= 4 is 5.97 Å². The molecule has 0 rings (SSSR count). The molecule has 2 N–H and O–H groups in total. The fourth-order valence-corrected chi connectivity index (χ4v) is 0.591. The van der Waals surface area contributed by atoms with Crippen molar-refractivity contribution in [1.29, 1.82) is 0 Å². The first-order valence-corrected chi connectivity index (χ1v) is 4.07. The van der Waals surface area contributed by atoms with E-state index in [4.69, 9.17) is 10.2 Å². The molecular formula is C7H7F7O4. The van der Waals surface area contributed by atoms with Gasteiger partial charge in [0.05, 0.1) is 0 Å². The van der Waals surface area contributed by atoms with Gasteiger partial charge in [0.1, 0.15) is 6.61 Å². The van der Waals surface area contributed by atoms with Gasteiger partial charge in [-0.25, -0.2) is 4.79 Å². The van der Waals surface area contributed by atoms with E-state index in [1.807, 2.05) is 0 Å². The molecule has 0 aliphatic heterocycles. The number of hydrogen-bond acceptors (Lipinski definition) is 3. The number of alkyl halides is 7. The first-order chi connectivity index (χ1) is 7.65. The van der Waals surface area contributed by atoms with Crippen molar-refractivity contribution in [3.63, 3.8) is 0 Å². The predicted molar refractivity (Wildman–Crippen MR) is 40.2 cm³/mol. The Bertz CT molecular complexity index is 322. The molecule has 0 amide bonds. The van der Waals surface area contributed by atoms with Gasteiger partial charge >= 0.3 is 24.0 Å². The van der Waals surface area contributed by atoms with E-state index in [9.17, 15) is 35.5 Å². The lowest BCUT2D eigenvalue weighted by Gasteiger charge is -2.29. The third-order valence-corrected chi connectivity index (χ3v) is 1.75. The Morgan fingerprint density at radius 1 is 1.11 bits per heavy atom. The molecule has 0 aliphatic rings. The predicted octanol–water partition coefficient (Wildman–Crippen LogP) is 1.63. The second kappa shape index (κ2) is 4.53. The van der Waals surface area contributed by atoms with Crippen LogP contribution in [-0.2, 0) is 9.53 Å². The summed E-state index contributed by atoms with van der Waals surface area (Å²) in [5.41, 5.74) is 0. The van der Waals surface area contributed by atoms with Crippen molar-refractivity contribution in [1.82, 2.24) is 0 Å². The number of carbonyl (C=O) groups is 1. The number of aliphatic carboxylic acids is 1. The van der Waals surface area contributed by atoms with Crippen LogP contribution in [0.15, 0.2) is 0 Å². The number of hydrogen-bond donors (Lipinski definition) is 2. The van der Waals surface area contributed by atoms with Crippen molar-refractivity contribution in [3.05, 3.63) is 0 Å². The maximum absolute atomic E-state index is 12.6. The van der Waals surface area contributed by atoms with Crippen molar-refractivity contribution in [2.45, 2.75) is 30.7 Å². The van der Waals surface area contributed by atoms with Gasteiger partial charge in [-0.15, -0.1) is 0 Å². The average molecular weight is 288 g/mol. The molecule has 0 aliphatic carbocycles. The van der Waals surface area contributed by atoms with Crippen LogP contribution in [0.1, 0.15) is 6.92 Å². The molecule has 0 aromatic carbocycles. The maximum Gasteiger partial charge on any atom is 0.459 e. The van der Waals surface area contributed by atoms with Gasteiger partial charge in [0.15, 0.2) is 0 Å². The van der Waals surface area contributed by atoms with Crippen molar-refractivity contribution in [3.8, 4) is 0 Å². The van der Waals surface area contributed by atoms with Gasteiger partial charge in [-0.1, -0.05) is 0 Å². The Hall–Kier alpha value is -1.10. The summed E-state index contributed by atoms with van der Waals surface area (Å²) in [5.74, 6) is -17.7. The first kappa shape index (κ1) is 16.9. The van der Waals surface area contributed by atoms with Crippen LogP contribution in [0, 0.1) is 0 Å². The summed E-state index contributed by atoms with van der Waals surface area (Å²) in [4.78, 5) is 10.2. The molecule has 0 fully saturated rings. The highest BCUT2D eigenvalue weighted by Gasteiger charge is 2.73. The summed E-state index contributed by atoms with van der Waals surface area (Å²) in [5, 5.41) is 16.9. The first-order valence-electron chi connectivity index (χ1n) is 4.07. The largest absolute Gasteiger partial charge is 0.477 e. The minimum absolute atomic E-state index is 0.289. The van der Waals surface area contributed by atoms with Crippen LogP contribution >= 0.6 is 0 Å². The second-order valence-electron chi connectivity index (χ2n) is 3.35. The van der Waals surface area contributed by atoms with E-state index in [2.05, 4.69) is 4.74 Å². The highest BCUT2D eigenvalue weighted by molar-refractivity contribution is 5.74. The van der Waals surface area contributed by atoms with E-state index in [1.54, 1.807) is 0 Å². The van der Waals surface area contributed by atoms with Crippen molar-refractivity contribution in [2.24, 2.45) is 0 Å². The molecule has 0 saturated heterocycles. The molecule has 0 aromatic heterocycles. The van der Waals surface area contributed by atoms with E-state index < -0.39 is 36.4 Å². The molecule has 0 heterocycles. The highest BCUT2D eigenvalue weighted by atomic mass is 19.4. The summed E-state index contributed by atoms with van der Waals surface area (Å²) in [6.07, 6.45) is -6.55. The average Bonchev–Trinajstić information content (AvgIpc) is 2.12. The lowest BCUT2D eigenvalue weighted by molar-refractivity contribution is -0.369. The molecule has 0 spiro atoms. The van der Waals surface area contributed by atoms with Gasteiger partial charge in [0, 0.05) is 6.92 Å². The summed E-state index contributed by atoms with van der Waals surface area (Å²) in [6, 6.07) is 0. The smallest absolute Gasteiger partial charge is 0.459 e.